The van der Waals surface area contributed by atoms with Gasteiger partial charge in [-0.1, -0.05) is 23.2 Å². The molecule has 0 aromatic heterocycles. The van der Waals surface area contributed by atoms with Crippen LogP contribution in [0.3, 0.4) is 0 Å². The number of rotatable bonds is 9. The third-order valence-corrected chi connectivity index (χ3v) is 3.33. The molecule has 0 saturated heterocycles. The van der Waals surface area contributed by atoms with Crippen LogP contribution >= 0.6 is 23.2 Å². The largest absolute Gasteiger partial charge is 0.482 e. The van der Waals surface area contributed by atoms with E-state index in [1.165, 1.54) is 6.07 Å². The van der Waals surface area contributed by atoms with Crippen molar-refractivity contribution in [1.29, 1.82) is 0 Å². The van der Waals surface area contributed by atoms with Crippen molar-refractivity contribution in [2.24, 2.45) is 0 Å². The second-order valence-corrected chi connectivity index (χ2v) is 5.99. The van der Waals surface area contributed by atoms with Crippen LogP contribution in [0.25, 0.3) is 0 Å². The number of hydrogen-bond donors (Lipinski definition) is 2. The monoisotopic (exact) mass is 361 g/mol. The first kappa shape index (κ1) is 19.5. The maximum atomic E-state index is 11.6. The van der Waals surface area contributed by atoms with Crippen LogP contribution < -0.4 is 15.4 Å². The molecular weight excluding hydrogens is 341 g/mol. The van der Waals surface area contributed by atoms with E-state index in [1.807, 2.05) is 19.0 Å². The van der Waals surface area contributed by atoms with Crippen LogP contribution in [0, 0.1) is 0 Å². The fraction of sp³-hybridized carbons (Fsp3) is 0.467. The smallest absolute Gasteiger partial charge is 0.258 e. The van der Waals surface area contributed by atoms with Gasteiger partial charge in [-0.25, -0.2) is 0 Å². The maximum absolute atomic E-state index is 11.6. The summed E-state index contributed by atoms with van der Waals surface area (Å²) in [5.74, 6) is -0.277. The van der Waals surface area contributed by atoms with Crippen LogP contribution in [0.5, 0.6) is 5.75 Å². The second kappa shape index (κ2) is 10.3. The zero-order chi connectivity index (χ0) is 17.2. The maximum Gasteiger partial charge on any atom is 0.258 e. The molecule has 0 heterocycles. The van der Waals surface area contributed by atoms with Gasteiger partial charge in [-0.2, -0.15) is 0 Å². The minimum atomic E-state index is -0.403. The molecule has 0 unspecified atom stereocenters. The topological polar surface area (TPSA) is 70.7 Å². The van der Waals surface area contributed by atoms with Crippen LogP contribution in [0.15, 0.2) is 18.2 Å². The number of carbonyl (C=O) groups is 2. The van der Waals surface area contributed by atoms with Gasteiger partial charge in [-0.15, -0.1) is 0 Å². The number of nitrogens with zero attached hydrogens (tertiary/aromatic N) is 1. The Labute approximate surface area is 146 Å². The molecule has 0 aliphatic heterocycles. The van der Waals surface area contributed by atoms with Gasteiger partial charge in [0, 0.05) is 11.6 Å². The highest BCUT2D eigenvalue weighted by molar-refractivity contribution is 6.35. The van der Waals surface area contributed by atoms with E-state index in [0.29, 0.717) is 22.3 Å². The molecular formula is C15H21Cl2N3O3. The average molecular weight is 362 g/mol. The van der Waals surface area contributed by atoms with Crippen LogP contribution in [0.4, 0.5) is 0 Å². The second-order valence-electron chi connectivity index (χ2n) is 5.15. The van der Waals surface area contributed by atoms with Gasteiger partial charge < -0.3 is 20.3 Å². The summed E-state index contributed by atoms with van der Waals surface area (Å²) < 4.78 is 5.27. The molecule has 1 rings (SSSR count). The highest BCUT2D eigenvalue weighted by atomic mass is 35.5. The molecule has 23 heavy (non-hydrogen) atoms. The first-order valence-electron chi connectivity index (χ1n) is 7.14. The van der Waals surface area contributed by atoms with Crippen LogP contribution in [0.1, 0.15) is 6.42 Å². The van der Waals surface area contributed by atoms with Crippen molar-refractivity contribution in [3.63, 3.8) is 0 Å². The summed E-state index contributed by atoms with van der Waals surface area (Å²) in [6.07, 6.45) is 0.852. The fourth-order valence-corrected chi connectivity index (χ4v) is 2.11. The molecule has 0 bridgehead atoms. The summed E-state index contributed by atoms with van der Waals surface area (Å²) in [5.41, 5.74) is 0. The van der Waals surface area contributed by atoms with Crippen molar-refractivity contribution in [1.82, 2.24) is 15.5 Å². The molecule has 128 valence electrons. The molecule has 0 aliphatic rings. The Morgan fingerprint density at radius 3 is 2.57 bits per heavy atom. The summed E-state index contributed by atoms with van der Waals surface area (Å²) in [4.78, 5) is 25.2. The lowest BCUT2D eigenvalue weighted by Gasteiger charge is -2.11. The Hall–Kier alpha value is -1.50. The molecule has 2 N–H and O–H groups in total. The minimum absolute atomic E-state index is 0.0848. The van der Waals surface area contributed by atoms with Crippen molar-refractivity contribution in [2.75, 3.05) is 40.3 Å². The van der Waals surface area contributed by atoms with E-state index in [2.05, 4.69) is 10.6 Å². The van der Waals surface area contributed by atoms with Gasteiger partial charge in [0.2, 0.25) is 5.91 Å². The number of hydrogen-bond acceptors (Lipinski definition) is 4. The summed E-state index contributed by atoms with van der Waals surface area (Å²) in [5, 5.41) is 6.01. The van der Waals surface area contributed by atoms with Gasteiger partial charge in [-0.05, 0) is 45.3 Å². The van der Waals surface area contributed by atoms with E-state index in [9.17, 15) is 9.59 Å². The molecule has 6 nitrogen and oxygen atoms in total. The van der Waals surface area contributed by atoms with Crippen LogP contribution in [-0.4, -0.2) is 57.1 Å². The van der Waals surface area contributed by atoms with Gasteiger partial charge >= 0.3 is 0 Å². The molecule has 0 fully saturated rings. The Morgan fingerprint density at radius 1 is 1.17 bits per heavy atom. The number of carbonyl (C=O) groups excluding carboxylic acids is 2. The lowest BCUT2D eigenvalue weighted by molar-refractivity contribution is -0.127. The third kappa shape index (κ3) is 8.64. The molecule has 0 spiro atoms. The SMILES string of the molecule is CN(C)CCCNC(=O)CNC(=O)COc1ccc(Cl)cc1Cl. The molecule has 0 atom stereocenters. The molecule has 0 aliphatic carbocycles. The summed E-state index contributed by atoms with van der Waals surface area (Å²) in [6.45, 7) is 1.15. The summed E-state index contributed by atoms with van der Waals surface area (Å²) in [7, 11) is 3.93. The van der Waals surface area contributed by atoms with Crippen molar-refractivity contribution < 1.29 is 14.3 Å². The van der Waals surface area contributed by atoms with Gasteiger partial charge in [0.25, 0.3) is 5.91 Å². The molecule has 1 aromatic carbocycles. The predicted octanol–water partition coefficient (Wildman–Crippen LogP) is 1.56. The normalized spacial score (nSPS) is 10.5. The Balaban J connectivity index is 2.20. The standard InChI is InChI=1S/C15H21Cl2N3O3/c1-20(2)7-3-6-18-14(21)9-19-15(22)10-23-13-5-4-11(16)8-12(13)17/h4-5,8H,3,6-7,9-10H2,1-2H3,(H,18,21)(H,19,22). The van der Waals surface area contributed by atoms with E-state index in [0.717, 1.165) is 13.0 Å². The van der Waals surface area contributed by atoms with Gasteiger partial charge in [-0.3, -0.25) is 9.59 Å². The Bertz CT molecular complexity index is 539. The highest BCUT2D eigenvalue weighted by Crippen LogP contribution is 2.27. The van der Waals surface area contributed by atoms with E-state index in [4.69, 9.17) is 27.9 Å². The van der Waals surface area contributed by atoms with E-state index in [1.54, 1.807) is 12.1 Å². The number of amides is 2. The van der Waals surface area contributed by atoms with Crippen LogP contribution in [0.2, 0.25) is 10.0 Å². The predicted molar refractivity (Wildman–Crippen MR) is 91.1 cm³/mol. The van der Waals surface area contributed by atoms with E-state index >= 15 is 0 Å². The Morgan fingerprint density at radius 2 is 1.91 bits per heavy atom. The van der Waals surface area contributed by atoms with Gasteiger partial charge in [0.15, 0.2) is 6.61 Å². The first-order valence-corrected chi connectivity index (χ1v) is 7.90. The van der Waals surface area contributed by atoms with Crippen molar-refractivity contribution in [3.8, 4) is 5.75 Å². The zero-order valence-corrected chi connectivity index (χ0v) is 14.7. The number of halogens is 2. The first-order chi connectivity index (χ1) is 10.9. The van der Waals surface area contributed by atoms with Crippen molar-refractivity contribution in [2.45, 2.75) is 6.42 Å². The van der Waals surface area contributed by atoms with E-state index < -0.39 is 5.91 Å². The zero-order valence-electron chi connectivity index (χ0n) is 13.2. The number of ether oxygens (including phenoxy) is 1. The quantitative estimate of drug-likeness (QED) is 0.654. The molecule has 2 amide bonds. The molecule has 1 aromatic rings. The van der Waals surface area contributed by atoms with Gasteiger partial charge in [0.1, 0.15) is 5.75 Å². The Kier molecular flexibility index (Phi) is 8.76. The third-order valence-electron chi connectivity index (χ3n) is 2.80. The number of benzene rings is 1. The molecule has 0 radical (unpaired) electrons. The summed E-state index contributed by atoms with van der Waals surface area (Å²) in [6, 6.07) is 4.72. The van der Waals surface area contributed by atoms with Crippen LogP contribution in [-0.2, 0) is 9.59 Å². The lowest BCUT2D eigenvalue weighted by Crippen LogP contribution is -2.39. The van der Waals surface area contributed by atoms with Gasteiger partial charge in [0.05, 0.1) is 11.6 Å². The van der Waals surface area contributed by atoms with E-state index in [-0.39, 0.29) is 19.1 Å². The summed E-state index contributed by atoms with van der Waals surface area (Å²) >= 11 is 11.7. The number of nitrogens with one attached hydrogen (secondary N) is 2. The highest BCUT2D eigenvalue weighted by Gasteiger charge is 2.08. The molecule has 8 heteroatoms. The fourth-order valence-electron chi connectivity index (χ4n) is 1.65. The van der Waals surface area contributed by atoms with Crippen molar-refractivity contribution in [3.05, 3.63) is 28.2 Å². The lowest BCUT2D eigenvalue weighted by atomic mass is 10.3. The minimum Gasteiger partial charge on any atom is -0.482 e. The molecule has 0 saturated carbocycles. The van der Waals surface area contributed by atoms with Crippen molar-refractivity contribution >= 4 is 35.0 Å². The average Bonchev–Trinajstić information content (AvgIpc) is 2.48.